The van der Waals surface area contributed by atoms with Gasteiger partial charge in [-0.1, -0.05) is 26.7 Å². The SMILES string of the molecule is CCCCc1c(OCC(O)COc2ccc3c(=O)o[c]cc3c2CCC)ccc(C(C)=O)c1O. The first kappa shape index (κ1) is 25.3. The number of carbonyl (C=O) groups is 1. The number of fused-ring (bicyclic) bond motifs is 1. The van der Waals surface area contributed by atoms with E-state index in [1.165, 1.54) is 13.0 Å². The van der Waals surface area contributed by atoms with Crippen molar-refractivity contribution >= 4 is 16.6 Å². The van der Waals surface area contributed by atoms with Crippen LogP contribution in [0.25, 0.3) is 10.8 Å². The van der Waals surface area contributed by atoms with Crippen LogP contribution >= 0.6 is 0 Å². The second-order valence-electron chi connectivity index (χ2n) is 8.28. The summed E-state index contributed by atoms with van der Waals surface area (Å²) >= 11 is 0. The maximum absolute atomic E-state index is 12.0. The number of phenols is 1. The summed E-state index contributed by atoms with van der Waals surface area (Å²) in [6, 6.07) is 8.17. The molecule has 0 aliphatic carbocycles. The zero-order chi connectivity index (χ0) is 24.7. The Balaban J connectivity index is 1.71. The van der Waals surface area contributed by atoms with Crippen molar-refractivity contribution in [3.8, 4) is 17.2 Å². The van der Waals surface area contributed by atoms with E-state index in [2.05, 4.69) is 6.26 Å². The molecule has 0 spiro atoms. The van der Waals surface area contributed by atoms with E-state index < -0.39 is 11.7 Å². The van der Waals surface area contributed by atoms with E-state index in [1.807, 2.05) is 13.8 Å². The minimum absolute atomic E-state index is 0.0187. The van der Waals surface area contributed by atoms with Gasteiger partial charge in [0.1, 0.15) is 36.6 Å². The van der Waals surface area contributed by atoms with Crippen molar-refractivity contribution in [2.75, 3.05) is 13.2 Å². The van der Waals surface area contributed by atoms with Gasteiger partial charge in [-0.15, -0.1) is 0 Å². The smallest absolute Gasteiger partial charge is 0.344 e. The van der Waals surface area contributed by atoms with E-state index in [0.29, 0.717) is 35.3 Å². The molecule has 0 saturated heterocycles. The molecular weight excluding hydrogens is 436 g/mol. The fourth-order valence-corrected chi connectivity index (χ4v) is 3.88. The average molecular weight is 468 g/mol. The molecule has 34 heavy (non-hydrogen) atoms. The number of aliphatic hydroxyl groups excluding tert-OH is 1. The number of aryl methyl sites for hydroxylation is 1. The third-order valence-corrected chi connectivity index (χ3v) is 5.65. The van der Waals surface area contributed by atoms with Gasteiger partial charge < -0.3 is 24.1 Å². The highest BCUT2D eigenvalue weighted by atomic mass is 16.5. The Kier molecular flexibility index (Phi) is 8.71. The third kappa shape index (κ3) is 5.78. The number of hydrogen-bond acceptors (Lipinski definition) is 7. The highest BCUT2D eigenvalue weighted by Crippen LogP contribution is 2.33. The van der Waals surface area contributed by atoms with E-state index in [0.717, 1.165) is 30.2 Å². The molecular formula is C27H31O7. The van der Waals surface area contributed by atoms with Gasteiger partial charge in [-0.05, 0) is 61.9 Å². The summed E-state index contributed by atoms with van der Waals surface area (Å²) in [6.45, 7) is 5.41. The van der Waals surface area contributed by atoms with Crippen molar-refractivity contribution < 1.29 is 28.9 Å². The largest absolute Gasteiger partial charge is 0.507 e. The maximum Gasteiger partial charge on any atom is 0.344 e. The quantitative estimate of drug-likeness (QED) is 0.375. The van der Waals surface area contributed by atoms with Crippen LogP contribution in [0.1, 0.15) is 61.5 Å². The molecule has 2 N–H and O–H groups in total. The number of aliphatic hydroxyl groups is 1. The summed E-state index contributed by atoms with van der Waals surface area (Å²) in [4.78, 5) is 23.8. The van der Waals surface area contributed by atoms with Gasteiger partial charge in [-0.25, -0.2) is 4.79 Å². The first-order valence-corrected chi connectivity index (χ1v) is 11.6. The number of ether oxygens (including phenoxy) is 2. The molecule has 1 unspecified atom stereocenters. The average Bonchev–Trinajstić information content (AvgIpc) is 2.81. The Hall–Kier alpha value is -3.32. The third-order valence-electron chi connectivity index (χ3n) is 5.65. The van der Waals surface area contributed by atoms with E-state index >= 15 is 0 Å². The fourth-order valence-electron chi connectivity index (χ4n) is 3.88. The van der Waals surface area contributed by atoms with Crippen LogP contribution in [-0.4, -0.2) is 35.3 Å². The predicted octanol–water partition coefficient (Wildman–Crippen LogP) is 4.62. The van der Waals surface area contributed by atoms with Crippen molar-refractivity contribution in [3.63, 3.8) is 0 Å². The predicted molar refractivity (Wildman–Crippen MR) is 129 cm³/mol. The monoisotopic (exact) mass is 467 g/mol. The normalized spacial score (nSPS) is 12.0. The highest BCUT2D eigenvalue weighted by Gasteiger charge is 2.18. The topological polar surface area (TPSA) is 106 Å². The number of rotatable bonds is 12. The van der Waals surface area contributed by atoms with Crippen LogP contribution in [0.5, 0.6) is 17.2 Å². The molecule has 1 radical (unpaired) electrons. The fraction of sp³-hybridized carbons (Fsp3) is 0.407. The van der Waals surface area contributed by atoms with Gasteiger partial charge in [0, 0.05) is 11.1 Å². The number of phenolic OH excluding ortho intramolecular Hbond substituents is 1. The minimum Gasteiger partial charge on any atom is -0.507 e. The van der Waals surface area contributed by atoms with Crippen molar-refractivity contribution in [2.24, 2.45) is 0 Å². The van der Waals surface area contributed by atoms with E-state index in [1.54, 1.807) is 24.3 Å². The molecule has 3 aromatic rings. The second-order valence-corrected chi connectivity index (χ2v) is 8.28. The van der Waals surface area contributed by atoms with Gasteiger partial charge in [0.2, 0.25) is 0 Å². The number of unbranched alkanes of at least 4 members (excludes halogenated alkanes) is 1. The molecule has 0 fully saturated rings. The lowest BCUT2D eigenvalue weighted by atomic mass is 10.0. The lowest BCUT2D eigenvalue weighted by molar-refractivity contribution is 0.0619. The molecule has 181 valence electrons. The van der Waals surface area contributed by atoms with Crippen molar-refractivity contribution in [3.05, 3.63) is 63.7 Å². The molecule has 0 aliphatic heterocycles. The van der Waals surface area contributed by atoms with Crippen molar-refractivity contribution in [1.29, 1.82) is 0 Å². The van der Waals surface area contributed by atoms with Crippen LogP contribution in [0.3, 0.4) is 0 Å². The molecule has 0 aliphatic rings. The molecule has 1 heterocycles. The van der Waals surface area contributed by atoms with Gasteiger partial charge in [0.25, 0.3) is 0 Å². The molecule has 0 bridgehead atoms. The maximum atomic E-state index is 12.0. The summed E-state index contributed by atoms with van der Waals surface area (Å²) in [5.74, 6) is 0.740. The minimum atomic E-state index is -0.939. The number of ketones is 1. The summed E-state index contributed by atoms with van der Waals surface area (Å²) in [7, 11) is 0. The number of aromatic hydroxyl groups is 1. The van der Waals surface area contributed by atoms with E-state index in [4.69, 9.17) is 13.9 Å². The standard InChI is InChI=1S/C27H31O7/c1-4-6-8-23-25(11-9-19(17(3)28)26(23)30)34-16-18(29)15-33-24-12-10-22-20(21(24)7-5-2)13-14-32-27(22)31/h9-13,18,29-30H,4-8,15-16H2,1-3H3. The van der Waals surface area contributed by atoms with Gasteiger partial charge in [0.05, 0.1) is 10.9 Å². The van der Waals surface area contributed by atoms with E-state index in [-0.39, 0.29) is 30.3 Å². The van der Waals surface area contributed by atoms with Gasteiger partial charge in [0.15, 0.2) is 12.0 Å². The first-order valence-electron chi connectivity index (χ1n) is 11.6. The Bertz CT molecular complexity index is 1200. The Morgan fingerprint density at radius 2 is 1.68 bits per heavy atom. The summed E-state index contributed by atoms with van der Waals surface area (Å²) in [5.41, 5.74) is 1.24. The Labute approximate surface area is 198 Å². The van der Waals surface area contributed by atoms with Crippen LogP contribution in [-0.2, 0) is 12.8 Å². The van der Waals surface area contributed by atoms with Crippen LogP contribution in [0, 0.1) is 6.26 Å². The van der Waals surface area contributed by atoms with Gasteiger partial charge in [-0.2, -0.15) is 0 Å². The molecule has 1 atom stereocenters. The lowest BCUT2D eigenvalue weighted by Gasteiger charge is -2.19. The lowest BCUT2D eigenvalue weighted by Crippen LogP contribution is -2.25. The van der Waals surface area contributed by atoms with Crippen LogP contribution < -0.4 is 15.1 Å². The van der Waals surface area contributed by atoms with Crippen LogP contribution in [0.4, 0.5) is 0 Å². The summed E-state index contributed by atoms with van der Waals surface area (Å²) in [6.07, 6.45) is 5.43. The second kappa shape index (κ2) is 11.7. The zero-order valence-electron chi connectivity index (χ0n) is 19.8. The molecule has 2 aromatic carbocycles. The number of benzene rings is 2. The van der Waals surface area contributed by atoms with Crippen LogP contribution in [0.15, 0.2) is 39.5 Å². The Morgan fingerprint density at radius 1 is 1.00 bits per heavy atom. The highest BCUT2D eigenvalue weighted by molar-refractivity contribution is 5.97. The zero-order valence-corrected chi connectivity index (χ0v) is 19.8. The van der Waals surface area contributed by atoms with Crippen molar-refractivity contribution in [1.82, 2.24) is 0 Å². The molecule has 1 aromatic heterocycles. The van der Waals surface area contributed by atoms with Gasteiger partial charge in [-0.3, -0.25) is 4.79 Å². The number of hydrogen-bond donors (Lipinski definition) is 2. The number of Topliss-reactive ketones (excluding diaryl/α,β-unsaturated/α-hetero) is 1. The summed E-state index contributed by atoms with van der Waals surface area (Å²) < 4.78 is 16.5. The van der Waals surface area contributed by atoms with Crippen molar-refractivity contribution in [2.45, 2.75) is 59.0 Å². The molecule has 7 heteroatoms. The molecule has 0 amide bonds. The summed E-state index contributed by atoms with van der Waals surface area (Å²) in [5, 5.41) is 22.2. The molecule has 3 rings (SSSR count). The van der Waals surface area contributed by atoms with E-state index in [9.17, 15) is 19.8 Å². The number of carbonyl (C=O) groups excluding carboxylic acids is 1. The first-order chi connectivity index (χ1) is 16.4. The van der Waals surface area contributed by atoms with Crippen LogP contribution in [0.2, 0.25) is 0 Å². The van der Waals surface area contributed by atoms with Gasteiger partial charge >= 0.3 is 5.63 Å². The molecule has 7 nitrogen and oxygen atoms in total. The molecule has 0 saturated carbocycles. The Morgan fingerprint density at radius 3 is 2.32 bits per heavy atom.